The van der Waals surface area contributed by atoms with E-state index in [0.29, 0.717) is 10.5 Å². The molecule has 0 bridgehead atoms. The van der Waals surface area contributed by atoms with Crippen LogP contribution in [-0.4, -0.2) is 37.4 Å². The molecule has 0 heterocycles. The average Bonchev–Trinajstić information content (AvgIpc) is 2.79. The minimum absolute atomic E-state index is 0. The van der Waals surface area contributed by atoms with E-state index in [-0.39, 0.29) is 115 Å². The number of thiol groups is 2. The van der Waals surface area contributed by atoms with Crippen LogP contribution in [0.4, 0.5) is 0 Å². The summed E-state index contributed by atoms with van der Waals surface area (Å²) in [6.07, 6.45) is 21.1. The van der Waals surface area contributed by atoms with Crippen LogP contribution in [0, 0.1) is 14.8 Å². The van der Waals surface area contributed by atoms with E-state index in [4.69, 9.17) is 12.6 Å². The number of hydrogen-bond acceptors (Lipinski definition) is 7. The monoisotopic (exact) mass is 880 g/mol. The largest absolute Gasteiger partial charge is 1.00 e. The van der Waals surface area contributed by atoms with Gasteiger partial charge in [-0.25, -0.2) is 0 Å². The molecule has 0 saturated carbocycles. The van der Waals surface area contributed by atoms with Crippen molar-refractivity contribution < 1.29 is 120 Å². The Morgan fingerprint density at radius 3 is 0.689 bits per heavy atom. The van der Waals surface area contributed by atoms with Gasteiger partial charge in [-0.3, -0.25) is 0 Å². The summed E-state index contributed by atoms with van der Waals surface area (Å²) in [5.41, 5.74) is 0. The van der Waals surface area contributed by atoms with Crippen LogP contribution in [0.25, 0.3) is 0 Å². The summed E-state index contributed by atoms with van der Waals surface area (Å²) >= 11 is 5.13. The quantitative estimate of drug-likeness (QED) is 0.0961. The molecule has 6 N–H and O–H groups in total. The summed E-state index contributed by atoms with van der Waals surface area (Å²) in [4.78, 5) is 0. The maximum absolute atomic E-state index is 8.52. The fourth-order valence-electron chi connectivity index (χ4n) is 3.55. The van der Waals surface area contributed by atoms with Crippen LogP contribution >= 0.6 is 46.8 Å². The zero-order valence-electron chi connectivity index (χ0n) is 28.8. The predicted octanol–water partition coefficient (Wildman–Crippen LogP) is -1.05. The molecule has 0 radical (unpaired) electrons. The SMILES string of the molecule is C.C.C.CCCC(CCC)SSC(CCC)CCC.CCCC(S)CCC.CCCC(S)CCC.O.O.O.[Br-].[Na+].[Na+].[O-][Br+2]([O-])[O-]. The van der Waals surface area contributed by atoms with Crippen molar-refractivity contribution in [2.45, 2.75) is 201 Å². The molecule has 0 aromatic carbocycles. The van der Waals surface area contributed by atoms with Crippen LogP contribution in [0.1, 0.15) is 180 Å². The topological polar surface area (TPSA) is 164 Å². The first-order valence-electron chi connectivity index (χ1n) is 14.5. The molecule has 0 aromatic heterocycles. The Kier molecular flexibility index (Phi) is 150. The van der Waals surface area contributed by atoms with Crippen molar-refractivity contribution >= 4 is 46.8 Å². The molecule has 45 heavy (non-hydrogen) atoms. The molecule has 0 aliphatic rings. The van der Waals surface area contributed by atoms with Crippen molar-refractivity contribution in [1.82, 2.24) is 0 Å². The normalized spacial score (nSPS) is 8.67. The van der Waals surface area contributed by atoms with Crippen molar-refractivity contribution in [3.05, 3.63) is 0 Å². The van der Waals surface area contributed by atoms with Crippen LogP contribution in [0.15, 0.2) is 0 Å². The van der Waals surface area contributed by atoms with Crippen LogP contribution in [-0.2, 0) is 0 Å². The van der Waals surface area contributed by atoms with Crippen molar-refractivity contribution in [2.75, 3.05) is 0 Å². The van der Waals surface area contributed by atoms with Gasteiger partial charge in [-0.1, -0.05) is 151 Å². The average molecular weight is 883 g/mol. The Bertz CT molecular complexity index is 340. The molecule has 14 heteroatoms. The third kappa shape index (κ3) is 93.3. The van der Waals surface area contributed by atoms with E-state index in [1.807, 2.05) is 0 Å². The zero-order valence-corrected chi connectivity index (χ0v) is 39.4. The molecule has 0 spiro atoms. The second-order valence-electron chi connectivity index (χ2n) is 9.24. The molecular weight excluding hydrogens is 802 g/mol. The van der Waals surface area contributed by atoms with E-state index in [0.717, 1.165) is 10.5 Å². The molecule has 0 aliphatic carbocycles. The predicted molar refractivity (Wildman–Crippen MR) is 199 cm³/mol. The fraction of sp³-hybridized carbons (Fsp3) is 1.00. The second-order valence-corrected chi connectivity index (χ2v) is 14.4. The van der Waals surface area contributed by atoms with E-state index < -0.39 is 14.8 Å². The molecule has 280 valence electrons. The first-order valence-corrected chi connectivity index (χ1v) is 19.8. The van der Waals surface area contributed by atoms with Gasteiger partial charge < -0.3 is 46.0 Å². The molecule has 0 aliphatic heterocycles. The molecule has 0 fully saturated rings. The first-order chi connectivity index (χ1) is 17.1. The van der Waals surface area contributed by atoms with Gasteiger partial charge in [-0.15, -0.1) is 0 Å². The van der Waals surface area contributed by atoms with Crippen LogP contribution in [0.5, 0.6) is 0 Å². The van der Waals surface area contributed by atoms with Gasteiger partial charge in [0.15, 0.2) is 0 Å². The number of halogens is 2. The van der Waals surface area contributed by atoms with Gasteiger partial charge in [-0.05, 0) is 51.4 Å². The Balaban J connectivity index is -0.0000000282. The summed E-state index contributed by atoms with van der Waals surface area (Å²) in [5.74, 6) is 0. The molecule has 6 nitrogen and oxygen atoms in total. The summed E-state index contributed by atoms with van der Waals surface area (Å²) in [5, 5.41) is 3.11. The van der Waals surface area contributed by atoms with E-state index >= 15 is 0 Å². The van der Waals surface area contributed by atoms with Gasteiger partial charge in [0.05, 0.1) is 0 Å². The fourth-order valence-corrected chi connectivity index (χ4v) is 8.32. The van der Waals surface area contributed by atoms with E-state index in [1.165, 1.54) is 103 Å². The molecule has 0 rings (SSSR count). The van der Waals surface area contributed by atoms with Crippen molar-refractivity contribution in [2.24, 2.45) is 0 Å². The van der Waals surface area contributed by atoms with E-state index in [2.05, 4.69) is 102 Å². The van der Waals surface area contributed by atoms with Crippen LogP contribution in [0.2, 0.25) is 0 Å². The van der Waals surface area contributed by atoms with Gasteiger partial charge in [0.1, 0.15) is 0 Å². The summed E-state index contributed by atoms with van der Waals surface area (Å²) in [7, 11) is 4.35. The van der Waals surface area contributed by atoms with E-state index in [9.17, 15) is 0 Å². The molecule has 0 atom stereocenters. The minimum atomic E-state index is -3.65. The molecule has 0 saturated heterocycles. The Labute approximate surface area is 363 Å². The third-order valence-electron chi connectivity index (χ3n) is 5.26. The third-order valence-corrected chi connectivity index (χ3v) is 9.86. The molecular formula is C31H80Br2Na2O6S4. The van der Waals surface area contributed by atoms with Gasteiger partial charge in [-0.2, -0.15) is 25.3 Å². The van der Waals surface area contributed by atoms with Gasteiger partial charge in [0.2, 0.25) is 14.8 Å². The molecule has 0 unspecified atom stereocenters. The summed E-state index contributed by atoms with van der Waals surface area (Å²) in [6.45, 7) is 18.1. The minimum Gasteiger partial charge on any atom is -1.00 e. The maximum Gasteiger partial charge on any atom is 1.00 e. The smallest absolute Gasteiger partial charge is 1.00 e. The molecule has 0 amide bonds. The standard InChI is InChI=1S/C14H30S2.2C7H16S.3CH4.BrO3.BrH.2Na.3H2O/c1-5-9-13(10-6-2)15-16-14(11-7-3)12-8-4;2*1-3-5-7(8)6-4-2;;;;2-1(3)4;;;;;;/h13-14H,5-12H2,1-4H3;2*7-8H,3-6H2,1-2H3;3*1H4;;1H;;;3*1H2/q;;;;;;-1;;2*+1;;;/p-1. The van der Waals surface area contributed by atoms with Gasteiger partial charge >= 0.3 is 59.1 Å². The van der Waals surface area contributed by atoms with Crippen molar-refractivity contribution in [3.8, 4) is 0 Å². The second kappa shape index (κ2) is 77.5. The summed E-state index contributed by atoms with van der Waals surface area (Å²) < 4.78 is 25.6. The Morgan fingerprint density at radius 2 is 0.578 bits per heavy atom. The Hall–Kier alpha value is 4.12. The number of rotatable bonds is 19. The first kappa shape index (κ1) is 87.2. The van der Waals surface area contributed by atoms with E-state index in [1.54, 1.807) is 0 Å². The number of hydrogen-bond donors (Lipinski definition) is 2. The van der Waals surface area contributed by atoms with Crippen molar-refractivity contribution in [1.29, 1.82) is 0 Å². The van der Waals surface area contributed by atoms with Crippen LogP contribution in [0.3, 0.4) is 0 Å². The van der Waals surface area contributed by atoms with Crippen molar-refractivity contribution in [3.63, 3.8) is 0 Å². The zero-order chi connectivity index (χ0) is 28.6. The summed E-state index contributed by atoms with van der Waals surface area (Å²) in [6, 6.07) is 0. The molecule has 0 aromatic rings. The van der Waals surface area contributed by atoms with Gasteiger partial charge in [0, 0.05) is 21.0 Å². The van der Waals surface area contributed by atoms with Crippen LogP contribution < -0.4 is 88.7 Å². The Morgan fingerprint density at radius 1 is 0.444 bits per heavy atom. The van der Waals surface area contributed by atoms with Gasteiger partial charge in [0.25, 0.3) is 0 Å². The maximum atomic E-state index is 8.52.